The summed E-state index contributed by atoms with van der Waals surface area (Å²) >= 11 is 9.19. The number of carbonyl (C=O) groups is 1. The van der Waals surface area contributed by atoms with Crippen LogP contribution in [0.1, 0.15) is 0 Å². The molecule has 0 spiro atoms. The van der Waals surface area contributed by atoms with Crippen LogP contribution in [0.2, 0.25) is 5.02 Å². The van der Waals surface area contributed by atoms with Crippen molar-refractivity contribution in [1.29, 1.82) is 0 Å². The zero-order valence-electron chi connectivity index (χ0n) is 8.73. The van der Waals surface area contributed by atoms with Crippen LogP contribution in [0.25, 0.3) is 0 Å². The zero-order chi connectivity index (χ0) is 12.3. The largest absolute Gasteiger partial charge is 0.323 e. The van der Waals surface area contributed by atoms with E-state index in [1.54, 1.807) is 41.3 Å². The summed E-state index contributed by atoms with van der Waals surface area (Å²) in [5.74, 6) is -0.156. The van der Waals surface area contributed by atoms with Crippen LogP contribution < -0.4 is 5.32 Å². The number of hydrogen-bond acceptors (Lipinski definition) is 2. The minimum atomic E-state index is -0.156. The molecule has 17 heavy (non-hydrogen) atoms. The van der Waals surface area contributed by atoms with E-state index in [4.69, 9.17) is 11.6 Å². The summed E-state index contributed by atoms with van der Waals surface area (Å²) < 4.78 is 2.34. The fraction of sp³-hybridized carbons (Fsp3) is 0.0909. The maximum atomic E-state index is 11.7. The molecular weight excluding hydrogens is 305 g/mol. The van der Waals surface area contributed by atoms with Gasteiger partial charge in [-0.15, -0.1) is 0 Å². The Morgan fingerprint density at radius 2 is 2.35 bits per heavy atom. The predicted octanol–water partition coefficient (Wildman–Crippen LogP) is 2.94. The van der Waals surface area contributed by atoms with E-state index in [0.29, 0.717) is 10.7 Å². The van der Waals surface area contributed by atoms with Crippen LogP contribution >= 0.6 is 27.5 Å². The lowest BCUT2D eigenvalue weighted by molar-refractivity contribution is -0.116. The molecule has 0 aliphatic carbocycles. The molecule has 0 unspecified atom stereocenters. The third-order valence-electron chi connectivity index (χ3n) is 2.07. The molecule has 6 heteroatoms. The normalized spacial score (nSPS) is 10.2. The summed E-state index contributed by atoms with van der Waals surface area (Å²) in [5.41, 5.74) is 0.648. The van der Waals surface area contributed by atoms with Crippen molar-refractivity contribution in [3.8, 4) is 0 Å². The number of nitrogens with zero attached hydrogens (tertiary/aromatic N) is 2. The molecule has 1 aromatic carbocycles. The topological polar surface area (TPSA) is 46.9 Å². The molecule has 88 valence electrons. The molecule has 0 atom stereocenters. The van der Waals surface area contributed by atoms with E-state index >= 15 is 0 Å². The Morgan fingerprint density at radius 1 is 1.53 bits per heavy atom. The van der Waals surface area contributed by atoms with E-state index < -0.39 is 0 Å². The molecular formula is C11H9BrClN3O. The minimum absolute atomic E-state index is 0.156. The Bertz CT molecular complexity index is 528. The van der Waals surface area contributed by atoms with Gasteiger partial charge in [-0.25, -0.2) is 0 Å². The standard InChI is InChI=1S/C11H9BrClN3O/c12-9-3-2-8(13)6-10(9)15-11(17)7-16-5-1-4-14-16/h1-6H,7H2,(H,15,17). The lowest BCUT2D eigenvalue weighted by atomic mass is 10.3. The number of carbonyl (C=O) groups excluding carboxylic acids is 1. The molecule has 0 bridgehead atoms. The van der Waals surface area contributed by atoms with Crippen molar-refractivity contribution < 1.29 is 4.79 Å². The number of halogens is 2. The second kappa shape index (κ2) is 5.33. The van der Waals surface area contributed by atoms with Gasteiger partial charge in [-0.1, -0.05) is 11.6 Å². The Kier molecular flexibility index (Phi) is 3.81. The third-order valence-corrected chi connectivity index (χ3v) is 2.99. The maximum Gasteiger partial charge on any atom is 0.246 e. The summed E-state index contributed by atoms with van der Waals surface area (Å²) in [6, 6.07) is 6.98. The number of hydrogen-bond donors (Lipinski definition) is 1. The molecule has 0 radical (unpaired) electrons. The fourth-order valence-electron chi connectivity index (χ4n) is 1.32. The van der Waals surface area contributed by atoms with Gasteiger partial charge in [0.15, 0.2) is 0 Å². The summed E-state index contributed by atoms with van der Waals surface area (Å²) in [5, 5.41) is 7.29. The Balaban J connectivity index is 2.05. The Labute approximate surface area is 112 Å². The van der Waals surface area contributed by atoms with Crippen LogP contribution in [-0.4, -0.2) is 15.7 Å². The first kappa shape index (κ1) is 12.1. The number of aromatic nitrogens is 2. The van der Waals surface area contributed by atoms with E-state index in [1.165, 1.54) is 0 Å². The third kappa shape index (κ3) is 3.31. The number of rotatable bonds is 3. The van der Waals surface area contributed by atoms with Crippen molar-refractivity contribution in [3.63, 3.8) is 0 Å². The SMILES string of the molecule is O=C(Cn1cccn1)Nc1cc(Cl)ccc1Br. The first-order valence-electron chi connectivity index (χ1n) is 4.87. The van der Waals surface area contributed by atoms with Crippen molar-refractivity contribution in [3.05, 3.63) is 46.2 Å². The van der Waals surface area contributed by atoms with Gasteiger partial charge in [0, 0.05) is 21.9 Å². The lowest BCUT2D eigenvalue weighted by Gasteiger charge is -2.07. The quantitative estimate of drug-likeness (QED) is 0.947. The van der Waals surface area contributed by atoms with E-state index in [1.807, 2.05) is 0 Å². The summed E-state index contributed by atoms with van der Waals surface area (Å²) in [6.07, 6.45) is 3.36. The molecule has 2 aromatic rings. The Morgan fingerprint density at radius 3 is 3.06 bits per heavy atom. The molecule has 1 amide bonds. The van der Waals surface area contributed by atoms with Gasteiger partial charge in [0.05, 0.1) is 5.69 Å². The van der Waals surface area contributed by atoms with Crippen molar-refractivity contribution in [1.82, 2.24) is 9.78 Å². The van der Waals surface area contributed by atoms with Gasteiger partial charge < -0.3 is 5.32 Å². The molecule has 1 aromatic heterocycles. The van der Waals surface area contributed by atoms with Gasteiger partial charge in [0.2, 0.25) is 5.91 Å². The van der Waals surface area contributed by atoms with Gasteiger partial charge in [-0.3, -0.25) is 9.48 Å². The van der Waals surface area contributed by atoms with Gasteiger partial charge in [0.1, 0.15) is 6.54 Å². The highest BCUT2D eigenvalue weighted by Gasteiger charge is 2.06. The predicted molar refractivity (Wildman–Crippen MR) is 70.0 cm³/mol. The highest BCUT2D eigenvalue weighted by atomic mass is 79.9. The second-order valence-corrected chi connectivity index (χ2v) is 4.67. The summed E-state index contributed by atoms with van der Waals surface area (Å²) in [7, 11) is 0. The molecule has 0 saturated carbocycles. The van der Waals surface area contributed by atoms with Gasteiger partial charge >= 0.3 is 0 Å². The summed E-state index contributed by atoms with van der Waals surface area (Å²) in [4.78, 5) is 11.7. The van der Waals surface area contributed by atoms with Crippen molar-refractivity contribution in [2.45, 2.75) is 6.54 Å². The second-order valence-electron chi connectivity index (χ2n) is 3.38. The molecule has 0 aliphatic heterocycles. The molecule has 4 nitrogen and oxygen atoms in total. The minimum Gasteiger partial charge on any atom is -0.323 e. The van der Waals surface area contributed by atoms with E-state index in [0.717, 1.165) is 4.47 Å². The van der Waals surface area contributed by atoms with Crippen LogP contribution in [0.5, 0.6) is 0 Å². The van der Waals surface area contributed by atoms with E-state index in [9.17, 15) is 4.79 Å². The maximum absolute atomic E-state index is 11.7. The van der Waals surface area contributed by atoms with Crippen LogP contribution in [0, 0.1) is 0 Å². The van der Waals surface area contributed by atoms with Crippen molar-refractivity contribution in [2.75, 3.05) is 5.32 Å². The van der Waals surface area contributed by atoms with Crippen LogP contribution in [0.3, 0.4) is 0 Å². The van der Waals surface area contributed by atoms with Crippen molar-refractivity contribution >= 4 is 39.1 Å². The monoisotopic (exact) mass is 313 g/mol. The zero-order valence-corrected chi connectivity index (χ0v) is 11.1. The van der Waals surface area contributed by atoms with E-state index in [-0.39, 0.29) is 12.5 Å². The number of nitrogens with one attached hydrogen (secondary N) is 1. The fourth-order valence-corrected chi connectivity index (χ4v) is 1.84. The number of benzene rings is 1. The van der Waals surface area contributed by atoms with Crippen LogP contribution in [0.4, 0.5) is 5.69 Å². The van der Waals surface area contributed by atoms with Gasteiger partial charge in [-0.2, -0.15) is 5.10 Å². The molecule has 0 saturated heterocycles. The molecule has 1 N–H and O–H groups in total. The highest BCUT2D eigenvalue weighted by molar-refractivity contribution is 9.10. The Hall–Kier alpha value is -1.33. The molecule has 2 rings (SSSR count). The highest BCUT2D eigenvalue weighted by Crippen LogP contribution is 2.25. The van der Waals surface area contributed by atoms with Crippen molar-refractivity contribution in [2.24, 2.45) is 0 Å². The average molecular weight is 315 g/mol. The van der Waals surface area contributed by atoms with Crippen LogP contribution in [-0.2, 0) is 11.3 Å². The lowest BCUT2D eigenvalue weighted by Crippen LogP contribution is -2.19. The van der Waals surface area contributed by atoms with E-state index in [2.05, 4.69) is 26.3 Å². The van der Waals surface area contributed by atoms with Crippen LogP contribution in [0.15, 0.2) is 41.1 Å². The molecule has 0 aliphatic rings. The molecule has 1 heterocycles. The smallest absolute Gasteiger partial charge is 0.246 e. The first-order valence-corrected chi connectivity index (χ1v) is 6.04. The number of amides is 1. The summed E-state index contributed by atoms with van der Waals surface area (Å²) in [6.45, 7) is 0.173. The molecule has 0 fully saturated rings. The van der Waals surface area contributed by atoms with Gasteiger partial charge in [-0.05, 0) is 40.2 Å². The average Bonchev–Trinajstić information content (AvgIpc) is 2.76. The first-order chi connectivity index (χ1) is 8.15. The number of anilines is 1. The van der Waals surface area contributed by atoms with Gasteiger partial charge in [0.25, 0.3) is 0 Å².